The van der Waals surface area contributed by atoms with Gasteiger partial charge in [0, 0.05) is 18.5 Å². The number of carbonyl (C=O) groups is 1. The highest BCUT2D eigenvalue weighted by Gasteiger charge is 2.24. The molecule has 1 aromatic rings. The zero-order chi connectivity index (χ0) is 12.3. The minimum Gasteiger partial charge on any atom is -0.463 e. The van der Waals surface area contributed by atoms with Crippen LogP contribution in [0.4, 0.5) is 5.69 Å². The predicted molar refractivity (Wildman–Crippen MR) is 72.7 cm³/mol. The molecule has 1 heterocycles. The summed E-state index contributed by atoms with van der Waals surface area (Å²) in [6.07, 6.45) is 5.70. The largest absolute Gasteiger partial charge is 0.463 e. The summed E-state index contributed by atoms with van der Waals surface area (Å²) in [4.78, 5) is 15.2. The van der Waals surface area contributed by atoms with Gasteiger partial charge in [-0.2, -0.15) is 0 Å². The highest BCUT2D eigenvalue weighted by atomic mass is 35.5. The fourth-order valence-corrected chi connectivity index (χ4v) is 2.37. The molecule has 0 aliphatic heterocycles. The van der Waals surface area contributed by atoms with Gasteiger partial charge < -0.3 is 10.5 Å². The van der Waals surface area contributed by atoms with Gasteiger partial charge in [-0.05, 0) is 37.8 Å². The molecular formula is C13H19ClN2O2. The Balaban J connectivity index is 0.00000162. The number of anilines is 1. The van der Waals surface area contributed by atoms with E-state index in [0.717, 1.165) is 31.4 Å². The number of carbonyl (C=O) groups excluding carboxylic acids is 1. The molecule has 4 nitrogen and oxygen atoms in total. The summed E-state index contributed by atoms with van der Waals surface area (Å²) in [5.74, 6) is 0.293. The van der Waals surface area contributed by atoms with Gasteiger partial charge in [-0.1, -0.05) is 0 Å². The number of hydrogen-bond acceptors (Lipinski definition) is 4. The number of hydrogen-bond donors (Lipinski definition) is 1. The molecule has 0 aromatic carbocycles. The minimum absolute atomic E-state index is 0. The number of nitrogens with two attached hydrogens (primary N) is 1. The molecular weight excluding hydrogens is 252 g/mol. The molecule has 1 aromatic heterocycles. The zero-order valence-corrected chi connectivity index (χ0v) is 11.3. The highest BCUT2D eigenvalue weighted by molar-refractivity contribution is 5.85. The van der Waals surface area contributed by atoms with Crippen LogP contribution in [0.5, 0.6) is 0 Å². The maximum atomic E-state index is 10.9. The topological polar surface area (TPSA) is 65.2 Å². The number of halogens is 1. The first kappa shape index (κ1) is 14.8. The molecule has 2 rings (SSSR count). The maximum Gasteiger partial charge on any atom is 0.302 e. The number of aromatic nitrogens is 1. The second-order valence-corrected chi connectivity index (χ2v) is 4.60. The van der Waals surface area contributed by atoms with Crippen LogP contribution in [0.25, 0.3) is 0 Å². The molecule has 1 aliphatic rings. The van der Waals surface area contributed by atoms with E-state index in [9.17, 15) is 4.79 Å². The molecule has 5 heteroatoms. The van der Waals surface area contributed by atoms with Crippen LogP contribution < -0.4 is 5.73 Å². The molecule has 1 saturated carbocycles. The molecule has 0 unspecified atom stereocenters. The van der Waals surface area contributed by atoms with Crippen LogP contribution in [0.3, 0.4) is 0 Å². The molecule has 2 N–H and O–H groups in total. The summed E-state index contributed by atoms with van der Waals surface area (Å²) in [5.41, 5.74) is 7.41. The first-order valence-electron chi connectivity index (χ1n) is 6.04. The van der Waals surface area contributed by atoms with Crippen LogP contribution in [0.15, 0.2) is 18.3 Å². The first-order chi connectivity index (χ1) is 8.15. The van der Waals surface area contributed by atoms with Crippen molar-refractivity contribution >= 4 is 24.1 Å². The standard InChI is InChI=1S/C13H18N2O2.ClH/c1-9(16)17-12-5-2-10(3-6-12)13-7-4-11(14)8-15-13;/h4,7-8,10,12H,2-3,5-6,14H2,1H3;1H. The van der Waals surface area contributed by atoms with E-state index < -0.39 is 0 Å². The molecule has 100 valence electrons. The van der Waals surface area contributed by atoms with E-state index in [1.807, 2.05) is 12.1 Å². The van der Waals surface area contributed by atoms with Crippen LogP contribution in [-0.4, -0.2) is 17.1 Å². The lowest BCUT2D eigenvalue weighted by Gasteiger charge is -2.27. The van der Waals surface area contributed by atoms with Gasteiger partial charge in [0.25, 0.3) is 0 Å². The summed E-state index contributed by atoms with van der Waals surface area (Å²) in [6.45, 7) is 1.47. The average Bonchev–Trinajstić information content (AvgIpc) is 2.30. The van der Waals surface area contributed by atoms with Crippen molar-refractivity contribution in [3.63, 3.8) is 0 Å². The van der Waals surface area contributed by atoms with Crippen LogP contribution in [0.2, 0.25) is 0 Å². The van der Waals surface area contributed by atoms with Gasteiger partial charge in [-0.3, -0.25) is 9.78 Å². The Kier molecular flexibility index (Phi) is 5.41. The molecule has 0 saturated heterocycles. The van der Waals surface area contributed by atoms with Crippen LogP contribution >= 0.6 is 12.4 Å². The number of rotatable bonds is 2. The van der Waals surface area contributed by atoms with E-state index >= 15 is 0 Å². The van der Waals surface area contributed by atoms with Gasteiger partial charge in [-0.25, -0.2) is 0 Å². The summed E-state index contributed by atoms with van der Waals surface area (Å²) in [6, 6.07) is 3.88. The van der Waals surface area contributed by atoms with E-state index in [2.05, 4.69) is 4.98 Å². The van der Waals surface area contributed by atoms with E-state index in [-0.39, 0.29) is 24.5 Å². The lowest BCUT2D eigenvalue weighted by atomic mass is 9.85. The number of pyridine rings is 1. The van der Waals surface area contributed by atoms with Crippen LogP contribution in [0, 0.1) is 0 Å². The summed E-state index contributed by atoms with van der Waals surface area (Å²) in [5, 5.41) is 0. The van der Waals surface area contributed by atoms with Crippen molar-refractivity contribution in [2.45, 2.75) is 44.6 Å². The van der Waals surface area contributed by atoms with Crippen molar-refractivity contribution in [2.75, 3.05) is 5.73 Å². The molecule has 0 amide bonds. The average molecular weight is 271 g/mol. The Morgan fingerprint density at radius 2 is 2.00 bits per heavy atom. The normalized spacial score (nSPS) is 22.9. The quantitative estimate of drug-likeness (QED) is 0.839. The lowest BCUT2D eigenvalue weighted by Crippen LogP contribution is -2.23. The van der Waals surface area contributed by atoms with Gasteiger partial charge in [0.2, 0.25) is 0 Å². The maximum absolute atomic E-state index is 10.9. The van der Waals surface area contributed by atoms with E-state index in [0.29, 0.717) is 11.6 Å². The van der Waals surface area contributed by atoms with Crippen molar-refractivity contribution in [3.05, 3.63) is 24.0 Å². The van der Waals surface area contributed by atoms with Crippen molar-refractivity contribution in [1.82, 2.24) is 4.98 Å². The molecule has 0 spiro atoms. The van der Waals surface area contributed by atoms with Gasteiger partial charge in [-0.15, -0.1) is 12.4 Å². The Morgan fingerprint density at radius 3 is 2.50 bits per heavy atom. The molecule has 1 fully saturated rings. The second-order valence-electron chi connectivity index (χ2n) is 4.60. The van der Waals surface area contributed by atoms with E-state index in [4.69, 9.17) is 10.5 Å². The Bertz CT molecular complexity index is 386. The fourth-order valence-electron chi connectivity index (χ4n) is 2.37. The smallest absolute Gasteiger partial charge is 0.302 e. The van der Waals surface area contributed by atoms with E-state index in [1.54, 1.807) is 6.20 Å². The number of ether oxygens (including phenoxy) is 1. The van der Waals surface area contributed by atoms with Crippen molar-refractivity contribution < 1.29 is 9.53 Å². The summed E-state index contributed by atoms with van der Waals surface area (Å²) < 4.78 is 5.22. The van der Waals surface area contributed by atoms with Gasteiger partial charge in [0.05, 0.1) is 11.9 Å². The molecule has 0 bridgehead atoms. The monoisotopic (exact) mass is 270 g/mol. The van der Waals surface area contributed by atoms with Crippen LogP contribution in [0.1, 0.15) is 44.2 Å². The summed E-state index contributed by atoms with van der Waals surface area (Å²) in [7, 11) is 0. The Morgan fingerprint density at radius 1 is 1.33 bits per heavy atom. The third kappa shape index (κ3) is 3.88. The summed E-state index contributed by atoms with van der Waals surface area (Å²) >= 11 is 0. The minimum atomic E-state index is -0.181. The third-order valence-electron chi connectivity index (χ3n) is 3.23. The molecule has 0 atom stereocenters. The molecule has 0 radical (unpaired) electrons. The van der Waals surface area contributed by atoms with Crippen molar-refractivity contribution in [1.29, 1.82) is 0 Å². The van der Waals surface area contributed by atoms with Crippen molar-refractivity contribution in [3.8, 4) is 0 Å². The number of nitrogen functional groups attached to an aromatic ring is 1. The van der Waals surface area contributed by atoms with Gasteiger partial charge >= 0.3 is 5.97 Å². The third-order valence-corrected chi connectivity index (χ3v) is 3.23. The first-order valence-corrected chi connectivity index (χ1v) is 6.04. The van der Waals surface area contributed by atoms with Gasteiger partial charge in [0.15, 0.2) is 0 Å². The highest BCUT2D eigenvalue weighted by Crippen LogP contribution is 2.33. The molecule has 1 aliphatic carbocycles. The van der Waals surface area contributed by atoms with E-state index in [1.165, 1.54) is 6.92 Å². The Labute approximate surface area is 113 Å². The Hall–Kier alpha value is -1.29. The SMILES string of the molecule is CC(=O)OC1CCC(c2ccc(N)cn2)CC1.Cl. The fraction of sp³-hybridized carbons (Fsp3) is 0.538. The second kappa shape index (κ2) is 6.59. The van der Waals surface area contributed by atoms with Gasteiger partial charge in [0.1, 0.15) is 6.10 Å². The molecule has 18 heavy (non-hydrogen) atoms. The lowest BCUT2D eigenvalue weighted by molar-refractivity contribution is -0.147. The number of esters is 1. The number of nitrogens with zero attached hydrogens (tertiary/aromatic N) is 1. The van der Waals surface area contributed by atoms with Crippen molar-refractivity contribution in [2.24, 2.45) is 0 Å². The zero-order valence-electron chi connectivity index (χ0n) is 10.5. The predicted octanol–water partition coefficient (Wildman–Crippen LogP) is 2.67. The van der Waals surface area contributed by atoms with Crippen LogP contribution in [-0.2, 0) is 9.53 Å².